The molecule has 2 rings (SSSR count). The SMILES string of the molecule is CCN(CC(=O)O)C1CCN(C(=O)C(CC)(CC)c2ccc(Cl)cc2)CC1. The van der Waals surface area contributed by atoms with Gasteiger partial charge in [0.2, 0.25) is 5.91 Å². The van der Waals surface area contributed by atoms with Crippen molar-refractivity contribution >= 4 is 23.5 Å². The van der Waals surface area contributed by atoms with Crippen LogP contribution in [-0.4, -0.2) is 59.0 Å². The molecule has 1 amide bonds. The van der Waals surface area contributed by atoms with Crippen molar-refractivity contribution in [1.82, 2.24) is 9.80 Å². The molecule has 0 unspecified atom stereocenters. The zero-order valence-electron chi connectivity index (χ0n) is 16.6. The number of hydrogen-bond acceptors (Lipinski definition) is 3. The van der Waals surface area contributed by atoms with E-state index in [-0.39, 0.29) is 18.5 Å². The van der Waals surface area contributed by atoms with Crippen LogP contribution in [-0.2, 0) is 15.0 Å². The molecular weight excluding hydrogens is 364 g/mol. The van der Waals surface area contributed by atoms with Gasteiger partial charge in [-0.1, -0.05) is 44.5 Å². The smallest absolute Gasteiger partial charge is 0.317 e. The van der Waals surface area contributed by atoms with E-state index in [1.54, 1.807) is 0 Å². The van der Waals surface area contributed by atoms with Gasteiger partial charge in [-0.15, -0.1) is 0 Å². The Bertz CT molecular complexity index is 635. The summed E-state index contributed by atoms with van der Waals surface area (Å²) in [6, 6.07) is 7.85. The van der Waals surface area contributed by atoms with Gasteiger partial charge in [0.05, 0.1) is 12.0 Å². The zero-order valence-corrected chi connectivity index (χ0v) is 17.3. The number of piperidine rings is 1. The van der Waals surface area contributed by atoms with Crippen LogP contribution in [0.5, 0.6) is 0 Å². The maximum atomic E-state index is 13.5. The van der Waals surface area contributed by atoms with E-state index < -0.39 is 11.4 Å². The Morgan fingerprint density at radius 1 is 1.15 bits per heavy atom. The van der Waals surface area contributed by atoms with E-state index in [9.17, 15) is 9.59 Å². The molecule has 0 spiro atoms. The number of rotatable bonds is 8. The summed E-state index contributed by atoms with van der Waals surface area (Å²) in [5.74, 6) is -0.622. The molecule has 1 heterocycles. The van der Waals surface area contributed by atoms with Crippen LogP contribution in [0.25, 0.3) is 0 Å². The van der Waals surface area contributed by atoms with Gasteiger partial charge in [0.15, 0.2) is 0 Å². The number of amides is 1. The second-order valence-electron chi connectivity index (χ2n) is 7.28. The monoisotopic (exact) mass is 394 g/mol. The topological polar surface area (TPSA) is 60.9 Å². The van der Waals surface area contributed by atoms with E-state index in [0.717, 1.165) is 31.2 Å². The van der Waals surface area contributed by atoms with E-state index in [1.807, 2.05) is 41.0 Å². The van der Waals surface area contributed by atoms with Crippen molar-refractivity contribution in [2.75, 3.05) is 26.2 Å². The van der Waals surface area contributed by atoms with Crippen LogP contribution in [0.1, 0.15) is 52.0 Å². The fourth-order valence-corrected chi connectivity index (χ4v) is 4.39. The highest BCUT2D eigenvalue weighted by Crippen LogP contribution is 2.35. The lowest BCUT2D eigenvalue weighted by Crippen LogP contribution is -2.52. The first-order chi connectivity index (χ1) is 12.9. The number of carbonyl (C=O) groups excluding carboxylic acids is 1. The molecule has 1 aliphatic rings. The lowest BCUT2D eigenvalue weighted by molar-refractivity contribution is -0.142. The third-order valence-corrected chi connectivity index (χ3v) is 6.28. The average molecular weight is 395 g/mol. The molecule has 1 fully saturated rings. The molecule has 27 heavy (non-hydrogen) atoms. The van der Waals surface area contributed by atoms with Gasteiger partial charge in [0, 0.05) is 24.2 Å². The van der Waals surface area contributed by atoms with Crippen LogP contribution in [0.3, 0.4) is 0 Å². The van der Waals surface area contributed by atoms with Crippen molar-refractivity contribution in [1.29, 1.82) is 0 Å². The summed E-state index contributed by atoms with van der Waals surface area (Å²) in [6.07, 6.45) is 3.11. The van der Waals surface area contributed by atoms with Gasteiger partial charge in [-0.3, -0.25) is 14.5 Å². The largest absolute Gasteiger partial charge is 0.480 e. The van der Waals surface area contributed by atoms with E-state index in [1.165, 1.54) is 0 Å². The van der Waals surface area contributed by atoms with Gasteiger partial charge in [-0.05, 0) is 49.9 Å². The summed E-state index contributed by atoms with van der Waals surface area (Å²) in [5.41, 5.74) is 0.494. The van der Waals surface area contributed by atoms with Gasteiger partial charge >= 0.3 is 5.97 Å². The normalized spacial score (nSPS) is 16.0. The maximum absolute atomic E-state index is 13.5. The summed E-state index contributed by atoms with van der Waals surface area (Å²) >= 11 is 6.03. The molecule has 0 aliphatic carbocycles. The van der Waals surface area contributed by atoms with Crippen molar-refractivity contribution in [3.8, 4) is 0 Å². The van der Waals surface area contributed by atoms with Crippen LogP contribution in [0, 0.1) is 0 Å². The molecule has 0 bridgehead atoms. The van der Waals surface area contributed by atoms with E-state index in [4.69, 9.17) is 16.7 Å². The fraction of sp³-hybridized carbons (Fsp3) is 0.619. The Balaban J connectivity index is 2.12. The van der Waals surface area contributed by atoms with Gasteiger partial charge in [0.1, 0.15) is 0 Å². The van der Waals surface area contributed by atoms with E-state index in [0.29, 0.717) is 24.7 Å². The molecule has 0 saturated carbocycles. The first-order valence-corrected chi connectivity index (χ1v) is 10.3. The van der Waals surface area contributed by atoms with Crippen LogP contribution in [0.4, 0.5) is 0 Å². The zero-order chi connectivity index (χ0) is 20.0. The molecule has 1 saturated heterocycles. The molecule has 1 aliphatic heterocycles. The van der Waals surface area contributed by atoms with Crippen LogP contribution < -0.4 is 0 Å². The van der Waals surface area contributed by atoms with Gasteiger partial charge in [0.25, 0.3) is 0 Å². The molecule has 1 aromatic carbocycles. The third kappa shape index (κ3) is 4.82. The highest BCUT2D eigenvalue weighted by molar-refractivity contribution is 6.30. The van der Waals surface area contributed by atoms with Crippen LogP contribution in [0.2, 0.25) is 5.02 Å². The number of likely N-dealkylation sites (tertiary alicyclic amines) is 1. The maximum Gasteiger partial charge on any atom is 0.317 e. The molecular formula is C21H31ClN2O3. The molecule has 150 valence electrons. The number of aliphatic carboxylic acids is 1. The predicted molar refractivity (Wildman–Crippen MR) is 108 cm³/mol. The minimum atomic E-state index is -0.797. The number of benzene rings is 1. The molecule has 1 aromatic rings. The molecule has 0 radical (unpaired) electrons. The van der Waals surface area contributed by atoms with Gasteiger partial charge in [-0.2, -0.15) is 0 Å². The molecule has 6 heteroatoms. The predicted octanol–water partition coefficient (Wildman–Crippen LogP) is 3.80. The average Bonchev–Trinajstić information content (AvgIpc) is 2.68. The third-order valence-electron chi connectivity index (χ3n) is 6.03. The summed E-state index contributed by atoms with van der Waals surface area (Å²) in [5, 5.41) is 9.76. The van der Waals surface area contributed by atoms with Crippen molar-refractivity contribution < 1.29 is 14.7 Å². The fourth-order valence-electron chi connectivity index (χ4n) is 4.26. The number of nitrogens with zero attached hydrogens (tertiary/aromatic N) is 2. The molecule has 0 aromatic heterocycles. The summed E-state index contributed by atoms with van der Waals surface area (Å²) in [4.78, 5) is 28.5. The number of likely N-dealkylation sites (N-methyl/N-ethyl adjacent to an activating group) is 1. The van der Waals surface area contributed by atoms with Crippen molar-refractivity contribution in [3.05, 3.63) is 34.9 Å². The second-order valence-corrected chi connectivity index (χ2v) is 7.71. The minimum absolute atomic E-state index is 0.0632. The first kappa shape index (κ1) is 21.7. The molecule has 1 N–H and O–H groups in total. The standard InChI is InChI=1S/C21H31ClN2O3/c1-4-21(5-2,16-7-9-17(22)10-8-16)20(27)24-13-11-18(12-14-24)23(6-3)15-19(25)26/h7-10,18H,4-6,11-15H2,1-3H3,(H,25,26). The van der Waals surface area contributed by atoms with Crippen LogP contribution in [0.15, 0.2) is 24.3 Å². The highest BCUT2D eigenvalue weighted by atomic mass is 35.5. The Morgan fingerprint density at radius 2 is 1.70 bits per heavy atom. The molecule has 5 nitrogen and oxygen atoms in total. The van der Waals surface area contributed by atoms with E-state index in [2.05, 4.69) is 13.8 Å². The number of hydrogen-bond donors (Lipinski definition) is 1. The number of carboxylic acid groups (broad SMARTS) is 1. The number of carboxylic acids is 1. The quantitative estimate of drug-likeness (QED) is 0.728. The minimum Gasteiger partial charge on any atom is -0.480 e. The van der Waals surface area contributed by atoms with E-state index >= 15 is 0 Å². The van der Waals surface area contributed by atoms with Crippen molar-refractivity contribution in [2.24, 2.45) is 0 Å². The van der Waals surface area contributed by atoms with Crippen LogP contribution >= 0.6 is 11.6 Å². The van der Waals surface area contributed by atoms with Gasteiger partial charge in [-0.25, -0.2) is 0 Å². The number of halogens is 1. The highest BCUT2D eigenvalue weighted by Gasteiger charge is 2.41. The lowest BCUT2D eigenvalue weighted by atomic mass is 9.74. The molecule has 0 atom stereocenters. The van der Waals surface area contributed by atoms with Gasteiger partial charge < -0.3 is 10.0 Å². The van der Waals surface area contributed by atoms with Crippen molar-refractivity contribution in [2.45, 2.75) is 57.9 Å². The number of carbonyl (C=O) groups is 2. The summed E-state index contributed by atoms with van der Waals surface area (Å²) < 4.78 is 0. The Hall–Kier alpha value is -1.59. The Labute approximate surface area is 167 Å². The Kier molecular flexibility index (Phi) is 7.68. The summed E-state index contributed by atoms with van der Waals surface area (Å²) in [6.45, 7) is 8.24. The Morgan fingerprint density at radius 3 is 2.15 bits per heavy atom. The second kappa shape index (κ2) is 9.56. The lowest BCUT2D eigenvalue weighted by Gasteiger charge is -2.42. The first-order valence-electron chi connectivity index (χ1n) is 9.89. The summed E-state index contributed by atoms with van der Waals surface area (Å²) in [7, 11) is 0. The van der Waals surface area contributed by atoms with Crippen molar-refractivity contribution in [3.63, 3.8) is 0 Å².